The Morgan fingerprint density at radius 2 is 1.91 bits per heavy atom. The van der Waals surface area contributed by atoms with E-state index in [1.165, 1.54) is 11.9 Å². The average Bonchev–Trinajstić information content (AvgIpc) is 2.93. The summed E-state index contributed by atoms with van der Waals surface area (Å²) in [5, 5.41) is 7.11. The maximum Gasteiger partial charge on any atom is 0.240 e. The van der Waals surface area contributed by atoms with E-state index in [4.69, 9.17) is 23.2 Å². The predicted octanol–water partition coefficient (Wildman–Crippen LogP) is 5.45. The van der Waals surface area contributed by atoms with Gasteiger partial charge in [-0.3, -0.25) is 4.79 Å². The van der Waals surface area contributed by atoms with Crippen molar-refractivity contribution in [1.29, 1.82) is 0 Å². The molecule has 1 aliphatic rings. The summed E-state index contributed by atoms with van der Waals surface area (Å²) in [6.07, 6.45) is 0.614. The molecule has 0 aromatic heterocycles. The van der Waals surface area contributed by atoms with Gasteiger partial charge >= 0.3 is 0 Å². The first-order valence-corrected chi connectivity index (χ1v) is 8.59. The smallest absolute Gasteiger partial charge is 0.240 e. The van der Waals surface area contributed by atoms with Gasteiger partial charge in [0.1, 0.15) is 0 Å². The zero-order chi connectivity index (χ0) is 16.6. The van der Waals surface area contributed by atoms with Gasteiger partial charge in [0.25, 0.3) is 0 Å². The van der Waals surface area contributed by atoms with Gasteiger partial charge in [-0.2, -0.15) is 5.10 Å². The molecule has 3 rings (SSSR count). The summed E-state index contributed by atoms with van der Waals surface area (Å²) in [5.74, 6) is -0.117. The monoisotopic (exact) mass is 410 g/mol. The Balaban J connectivity index is 1.97. The van der Waals surface area contributed by atoms with Crippen molar-refractivity contribution in [2.75, 3.05) is 0 Å². The number of benzene rings is 2. The van der Waals surface area contributed by atoms with Gasteiger partial charge in [-0.1, -0.05) is 57.3 Å². The van der Waals surface area contributed by atoms with E-state index in [-0.39, 0.29) is 11.9 Å². The number of carbonyl (C=O) groups excluding carboxylic acids is 1. The quantitative estimate of drug-likeness (QED) is 0.646. The van der Waals surface area contributed by atoms with Crippen molar-refractivity contribution in [2.45, 2.75) is 19.4 Å². The van der Waals surface area contributed by atoms with Crippen LogP contribution < -0.4 is 0 Å². The summed E-state index contributed by atoms with van der Waals surface area (Å²) in [4.78, 5) is 12.0. The Bertz CT molecular complexity index is 790. The Morgan fingerprint density at radius 3 is 2.52 bits per heavy atom. The molecule has 0 bridgehead atoms. The third-order valence-electron chi connectivity index (χ3n) is 3.73. The minimum atomic E-state index is -0.212. The molecule has 1 aliphatic heterocycles. The van der Waals surface area contributed by atoms with Gasteiger partial charge in [0.15, 0.2) is 0 Å². The summed E-state index contributed by atoms with van der Waals surface area (Å²) in [6.45, 7) is 1.50. The summed E-state index contributed by atoms with van der Waals surface area (Å²) >= 11 is 15.7. The van der Waals surface area contributed by atoms with Crippen LogP contribution in [0.2, 0.25) is 10.0 Å². The van der Waals surface area contributed by atoms with Gasteiger partial charge in [-0.05, 0) is 35.4 Å². The van der Waals surface area contributed by atoms with Crippen LogP contribution in [0, 0.1) is 0 Å². The fourth-order valence-electron chi connectivity index (χ4n) is 2.63. The van der Waals surface area contributed by atoms with E-state index in [9.17, 15) is 4.79 Å². The lowest BCUT2D eigenvalue weighted by atomic mass is 9.98. The number of rotatable bonds is 2. The molecule has 0 aliphatic carbocycles. The number of hydrazone groups is 1. The van der Waals surface area contributed by atoms with Crippen molar-refractivity contribution in [2.24, 2.45) is 5.10 Å². The average molecular weight is 412 g/mol. The largest absolute Gasteiger partial charge is 0.273 e. The Kier molecular flexibility index (Phi) is 4.76. The topological polar surface area (TPSA) is 32.7 Å². The van der Waals surface area contributed by atoms with E-state index in [0.29, 0.717) is 16.5 Å². The van der Waals surface area contributed by atoms with Crippen molar-refractivity contribution in [1.82, 2.24) is 5.01 Å². The number of hydrogen-bond donors (Lipinski definition) is 0. The molecule has 1 atom stereocenters. The predicted molar refractivity (Wildman–Crippen MR) is 97.0 cm³/mol. The molecule has 2 aromatic rings. The highest BCUT2D eigenvalue weighted by molar-refractivity contribution is 9.10. The minimum Gasteiger partial charge on any atom is -0.273 e. The molecule has 0 radical (unpaired) electrons. The van der Waals surface area contributed by atoms with Gasteiger partial charge in [0, 0.05) is 27.9 Å². The number of hydrogen-bond acceptors (Lipinski definition) is 2. The number of nitrogens with zero attached hydrogens (tertiary/aromatic N) is 2. The van der Waals surface area contributed by atoms with Crippen LogP contribution in [0.25, 0.3) is 0 Å². The fraction of sp³-hybridized carbons (Fsp3) is 0.176. The molecule has 1 heterocycles. The third-order valence-corrected chi connectivity index (χ3v) is 4.82. The normalized spacial score (nSPS) is 17.3. The van der Waals surface area contributed by atoms with Crippen LogP contribution in [0.1, 0.15) is 30.5 Å². The highest BCUT2D eigenvalue weighted by Gasteiger charge is 2.32. The second kappa shape index (κ2) is 6.63. The summed E-state index contributed by atoms with van der Waals surface area (Å²) in [7, 11) is 0. The number of amides is 1. The van der Waals surface area contributed by atoms with Gasteiger partial charge in [-0.15, -0.1) is 0 Å². The number of halogens is 3. The molecule has 0 fully saturated rings. The lowest BCUT2D eigenvalue weighted by Crippen LogP contribution is -2.24. The van der Waals surface area contributed by atoms with Crippen molar-refractivity contribution < 1.29 is 4.79 Å². The van der Waals surface area contributed by atoms with Crippen LogP contribution in [0.5, 0.6) is 0 Å². The zero-order valence-electron chi connectivity index (χ0n) is 12.3. The molecule has 6 heteroatoms. The molecule has 0 unspecified atom stereocenters. The highest BCUT2D eigenvalue weighted by Crippen LogP contribution is 2.37. The number of carbonyl (C=O) groups is 1. The van der Waals surface area contributed by atoms with Gasteiger partial charge in [0.2, 0.25) is 5.91 Å². The maximum atomic E-state index is 12.0. The molecular weight excluding hydrogens is 399 g/mol. The SMILES string of the molecule is CC(=O)N1N=C(c2ccc(Br)cc2)C[C@@H]1c1ccc(Cl)cc1Cl. The second-order valence-electron chi connectivity index (χ2n) is 5.30. The van der Waals surface area contributed by atoms with Crippen molar-refractivity contribution >= 4 is 50.8 Å². The highest BCUT2D eigenvalue weighted by atomic mass is 79.9. The Morgan fingerprint density at radius 1 is 1.22 bits per heavy atom. The molecule has 23 heavy (non-hydrogen) atoms. The standard InChI is InChI=1S/C17H13BrCl2N2O/c1-10(23)22-17(14-7-6-13(19)8-15(14)20)9-16(21-22)11-2-4-12(18)5-3-11/h2-8,17H,9H2,1H3/t17-/m1/s1. The van der Waals surface area contributed by atoms with Crippen molar-refractivity contribution in [3.05, 3.63) is 68.1 Å². The lowest BCUT2D eigenvalue weighted by Gasteiger charge is -2.21. The minimum absolute atomic E-state index is 0.117. The second-order valence-corrected chi connectivity index (χ2v) is 7.06. The summed E-state index contributed by atoms with van der Waals surface area (Å²) in [6, 6.07) is 13.0. The molecule has 2 aromatic carbocycles. The Labute approximate surface area is 153 Å². The molecule has 3 nitrogen and oxygen atoms in total. The molecule has 0 saturated carbocycles. The van der Waals surface area contributed by atoms with Crippen LogP contribution in [0.3, 0.4) is 0 Å². The van der Waals surface area contributed by atoms with E-state index in [1.54, 1.807) is 12.1 Å². The molecule has 0 spiro atoms. The van der Waals surface area contributed by atoms with Crippen LogP contribution in [-0.4, -0.2) is 16.6 Å². The van der Waals surface area contributed by atoms with Crippen LogP contribution in [-0.2, 0) is 4.79 Å². The maximum absolute atomic E-state index is 12.0. The van der Waals surface area contributed by atoms with Crippen molar-refractivity contribution in [3.8, 4) is 0 Å². The fourth-order valence-corrected chi connectivity index (χ4v) is 3.43. The van der Waals surface area contributed by atoms with Gasteiger partial charge in [-0.25, -0.2) is 5.01 Å². The first-order valence-electron chi connectivity index (χ1n) is 7.04. The molecule has 0 saturated heterocycles. The Hall–Kier alpha value is -1.36. The van der Waals surface area contributed by atoms with E-state index < -0.39 is 0 Å². The van der Waals surface area contributed by atoms with E-state index in [0.717, 1.165) is 21.3 Å². The first kappa shape index (κ1) is 16.5. The third kappa shape index (κ3) is 3.44. The van der Waals surface area contributed by atoms with Gasteiger partial charge in [0.05, 0.1) is 11.8 Å². The van der Waals surface area contributed by atoms with Crippen LogP contribution in [0.15, 0.2) is 52.0 Å². The zero-order valence-corrected chi connectivity index (χ0v) is 15.4. The molecule has 118 valence electrons. The molecule has 0 N–H and O–H groups in total. The van der Waals surface area contributed by atoms with Crippen LogP contribution in [0.4, 0.5) is 0 Å². The van der Waals surface area contributed by atoms with Crippen LogP contribution >= 0.6 is 39.1 Å². The molecular formula is C17H13BrCl2N2O. The lowest BCUT2D eigenvalue weighted by molar-refractivity contribution is -0.130. The first-order chi connectivity index (χ1) is 11.0. The van der Waals surface area contributed by atoms with Crippen molar-refractivity contribution in [3.63, 3.8) is 0 Å². The van der Waals surface area contributed by atoms with E-state index in [2.05, 4.69) is 21.0 Å². The van der Waals surface area contributed by atoms with E-state index >= 15 is 0 Å². The summed E-state index contributed by atoms with van der Waals surface area (Å²) in [5.41, 5.74) is 2.71. The van der Waals surface area contributed by atoms with Gasteiger partial charge < -0.3 is 0 Å². The summed E-state index contributed by atoms with van der Waals surface area (Å²) < 4.78 is 1.00. The molecule has 1 amide bonds. The van der Waals surface area contributed by atoms with E-state index in [1.807, 2.05) is 30.3 Å².